The second-order valence-electron chi connectivity index (χ2n) is 7.22. The molecule has 0 unspecified atom stereocenters. The van der Waals surface area contributed by atoms with E-state index >= 15 is 0 Å². The molecule has 1 N–H and O–H groups in total. The Labute approximate surface area is 173 Å². The van der Waals surface area contributed by atoms with Gasteiger partial charge in [-0.2, -0.15) is 5.10 Å². The summed E-state index contributed by atoms with van der Waals surface area (Å²) in [6.45, 7) is 6.49. The molecule has 4 rings (SSSR count). The van der Waals surface area contributed by atoms with Gasteiger partial charge in [-0.25, -0.2) is 0 Å². The lowest BCUT2D eigenvalue weighted by Gasteiger charge is -2.08. The van der Waals surface area contributed by atoms with Crippen molar-refractivity contribution in [3.8, 4) is 11.5 Å². The maximum Gasteiger partial charge on any atom is 0.251 e. The Bertz CT molecular complexity index is 1170. The van der Waals surface area contributed by atoms with Gasteiger partial charge in [0, 0.05) is 24.2 Å². The minimum absolute atomic E-state index is 0.113. The molecule has 0 aliphatic heterocycles. The molecule has 0 bridgehead atoms. The largest absolute Gasteiger partial charge is 0.469 e. The number of anilines is 1. The summed E-state index contributed by atoms with van der Waals surface area (Å²) in [4.78, 5) is 12.4. The maximum atomic E-state index is 12.4. The van der Waals surface area contributed by atoms with Crippen molar-refractivity contribution in [3.05, 3.63) is 71.3 Å². The van der Waals surface area contributed by atoms with Crippen LogP contribution in [0.25, 0.3) is 11.5 Å². The molecule has 0 radical (unpaired) electrons. The van der Waals surface area contributed by atoms with Gasteiger partial charge in [0.15, 0.2) is 0 Å². The van der Waals surface area contributed by atoms with Crippen molar-refractivity contribution in [2.24, 2.45) is 0 Å². The Morgan fingerprint density at radius 3 is 2.73 bits per heavy atom. The van der Waals surface area contributed by atoms with Crippen molar-refractivity contribution >= 4 is 11.6 Å². The Morgan fingerprint density at radius 1 is 1.13 bits per heavy atom. The standard InChI is InChI=1S/C22H23N5O3/c1-14-11-15(2)27(26-14)13-17-5-4-6-18(12-17)23-20(28)7-8-21-24-25-22(30-21)19-9-10-29-16(19)3/h4-6,9-12H,7-8,13H2,1-3H3,(H,23,28). The lowest BCUT2D eigenvalue weighted by Crippen LogP contribution is -2.13. The van der Waals surface area contributed by atoms with Crippen molar-refractivity contribution in [2.75, 3.05) is 5.32 Å². The molecular formula is C22H23N5O3. The van der Waals surface area contributed by atoms with E-state index in [1.807, 2.05) is 55.8 Å². The third-order valence-electron chi connectivity index (χ3n) is 4.77. The summed E-state index contributed by atoms with van der Waals surface area (Å²) >= 11 is 0. The first-order valence-electron chi connectivity index (χ1n) is 9.74. The van der Waals surface area contributed by atoms with E-state index in [0.29, 0.717) is 30.5 Å². The fourth-order valence-electron chi connectivity index (χ4n) is 3.27. The van der Waals surface area contributed by atoms with E-state index in [9.17, 15) is 4.79 Å². The predicted molar refractivity (Wildman–Crippen MR) is 111 cm³/mol. The van der Waals surface area contributed by atoms with Gasteiger partial charge in [0.05, 0.1) is 24.1 Å². The van der Waals surface area contributed by atoms with Crippen LogP contribution in [-0.4, -0.2) is 25.9 Å². The van der Waals surface area contributed by atoms with Gasteiger partial charge in [0.2, 0.25) is 11.8 Å². The smallest absolute Gasteiger partial charge is 0.251 e. The Kier molecular flexibility index (Phi) is 5.47. The number of benzene rings is 1. The molecule has 4 aromatic rings. The van der Waals surface area contributed by atoms with Crippen LogP contribution < -0.4 is 5.32 Å². The number of nitrogens with one attached hydrogen (secondary N) is 1. The zero-order valence-electron chi connectivity index (χ0n) is 17.2. The molecule has 3 heterocycles. The monoisotopic (exact) mass is 405 g/mol. The summed E-state index contributed by atoms with van der Waals surface area (Å²) in [6, 6.07) is 11.6. The SMILES string of the molecule is Cc1cc(C)n(Cc2cccc(NC(=O)CCc3nnc(-c4ccoc4C)o3)c2)n1. The molecule has 8 nitrogen and oxygen atoms in total. The van der Waals surface area contributed by atoms with Crippen LogP contribution >= 0.6 is 0 Å². The molecule has 3 aromatic heterocycles. The molecule has 0 aliphatic carbocycles. The van der Waals surface area contributed by atoms with E-state index in [1.54, 1.807) is 12.3 Å². The van der Waals surface area contributed by atoms with Gasteiger partial charge in [-0.15, -0.1) is 10.2 Å². The third-order valence-corrected chi connectivity index (χ3v) is 4.77. The highest BCUT2D eigenvalue weighted by atomic mass is 16.4. The van der Waals surface area contributed by atoms with Gasteiger partial charge in [-0.1, -0.05) is 12.1 Å². The number of carbonyl (C=O) groups excluding carboxylic acids is 1. The van der Waals surface area contributed by atoms with Crippen molar-refractivity contribution in [3.63, 3.8) is 0 Å². The van der Waals surface area contributed by atoms with Crippen molar-refractivity contribution < 1.29 is 13.6 Å². The molecule has 0 saturated heterocycles. The van der Waals surface area contributed by atoms with Crippen LogP contribution in [0.4, 0.5) is 5.69 Å². The number of nitrogens with zero attached hydrogens (tertiary/aromatic N) is 4. The zero-order valence-corrected chi connectivity index (χ0v) is 17.2. The highest BCUT2D eigenvalue weighted by Gasteiger charge is 2.14. The summed E-state index contributed by atoms with van der Waals surface area (Å²) in [6.07, 6.45) is 2.18. The second kappa shape index (κ2) is 8.36. The number of amides is 1. The average Bonchev–Trinajstić information content (AvgIpc) is 3.41. The van der Waals surface area contributed by atoms with Gasteiger partial charge in [-0.05, 0) is 50.6 Å². The van der Waals surface area contributed by atoms with Crippen LogP contribution in [-0.2, 0) is 17.8 Å². The molecule has 0 fully saturated rings. The zero-order chi connectivity index (χ0) is 21.1. The van der Waals surface area contributed by atoms with Crippen molar-refractivity contribution in [2.45, 2.75) is 40.2 Å². The number of rotatable bonds is 7. The topological polar surface area (TPSA) is 99.0 Å². The van der Waals surface area contributed by atoms with Gasteiger partial charge < -0.3 is 14.2 Å². The highest BCUT2D eigenvalue weighted by Crippen LogP contribution is 2.23. The van der Waals surface area contributed by atoms with Gasteiger partial charge in [0.1, 0.15) is 5.76 Å². The van der Waals surface area contributed by atoms with E-state index < -0.39 is 0 Å². The molecule has 0 spiro atoms. The molecule has 30 heavy (non-hydrogen) atoms. The maximum absolute atomic E-state index is 12.4. The summed E-state index contributed by atoms with van der Waals surface area (Å²) in [7, 11) is 0. The first-order valence-corrected chi connectivity index (χ1v) is 9.74. The van der Waals surface area contributed by atoms with Crippen LogP contribution in [0.2, 0.25) is 0 Å². The van der Waals surface area contributed by atoms with Crippen LogP contribution in [0.3, 0.4) is 0 Å². The van der Waals surface area contributed by atoms with E-state index in [2.05, 4.69) is 20.6 Å². The van der Waals surface area contributed by atoms with E-state index in [-0.39, 0.29) is 12.3 Å². The Hall–Kier alpha value is -3.68. The van der Waals surface area contributed by atoms with Crippen molar-refractivity contribution in [1.82, 2.24) is 20.0 Å². The molecule has 154 valence electrons. The van der Waals surface area contributed by atoms with Gasteiger partial charge in [0.25, 0.3) is 5.89 Å². The highest BCUT2D eigenvalue weighted by molar-refractivity contribution is 5.90. The summed E-state index contributed by atoms with van der Waals surface area (Å²) in [5.74, 6) is 1.41. The number of furan rings is 1. The average molecular weight is 405 g/mol. The predicted octanol–water partition coefficient (Wildman–Crippen LogP) is 4.07. The fraction of sp³-hybridized carbons (Fsp3) is 0.273. The summed E-state index contributed by atoms with van der Waals surface area (Å²) in [5.41, 5.74) is 4.67. The molecule has 0 atom stereocenters. The molecule has 0 saturated carbocycles. The number of aromatic nitrogens is 4. The number of aryl methyl sites for hydroxylation is 4. The van der Waals surface area contributed by atoms with Gasteiger partial charge >= 0.3 is 0 Å². The van der Waals surface area contributed by atoms with E-state index in [4.69, 9.17) is 8.83 Å². The van der Waals surface area contributed by atoms with Crippen LogP contribution in [0.5, 0.6) is 0 Å². The molecule has 1 amide bonds. The summed E-state index contributed by atoms with van der Waals surface area (Å²) in [5, 5.41) is 15.5. The lowest BCUT2D eigenvalue weighted by molar-refractivity contribution is -0.116. The van der Waals surface area contributed by atoms with E-state index in [1.165, 1.54) is 0 Å². The number of hydrogen-bond donors (Lipinski definition) is 1. The summed E-state index contributed by atoms with van der Waals surface area (Å²) < 4.78 is 12.8. The molecule has 8 heteroatoms. The molecular weight excluding hydrogens is 382 g/mol. The van der Waals surface area contributed by atoms with Crippen LogP contribution in [0, 0.1) is 20.8 Å². The minimum Gasteiger partial charge on any atom is -0.469 e. The van der Waals surface area contributed by atoms with Crippen LogP contribution in [0.15, 0.2) is 51.5 Å². The first kappa shape index (κ1) is 19.6. The molecule has 0 aliphatic rings. The van der Waals surface area contributed by atoms with Gasteiger partial charge in [-0.3, -0.25) is 9.48 Å². The second-order valence-corrected chi connectivity index (χ2v) is 7.22. The van der Waals surface area contributed by atoms with Crippen LogP contribution in [0.1, 0.15) is 35.0 Å². The van der Waals surface area contributed by atoms with E-state index in [0.717, 1.165) is 28.2 Å². The Balaban J connectivity index is 1.34. The normalized spacial score (nSPS) is 11.0. The quantitative estimate of drug-likeness (QED) is 0.498. The minimum atomic E-state index is -0.113. The fourth-order valence-corrected chi connectivity index (χ4v) is 3.27. The first-order chi connectivity index (χ1) is 14.5. The Morgan fingerprint density at radius 2 is 2.00 bits per heavy atom. The number of hydrogen-bond acceptors (Lipinski definition) is 6. The number of carbonyl (C=O) groups is 1. The van der Waals surface area contributed by atoms with Crippen molar-refractivity contribution in [1.29, 1.82) is 0 Å². The lowest BCUT2D eigenvalue weighted by atomic mass is 10.2. The third kappa shape index (κ3) is 4.48. The molecule has 1 aromatic carbocycles.